The fraction of sp³-hybridized carbons (Fsp3) is 0.250. The molecule has 2 heterocycles. The Morgan fingerprint density at radius 1 is 1.11 bits per heavy atom. The fourth-order valence-electron chi connectivity index (χ4n) is 3.38. The van der Waals surface area contributed by atoms with E-state index in [1.807, 2.05) is 30.3 Å². The predicted octanol–water partition coefficient (Wildman–Crippen LogP) is 3.68. The molecule has 0 unspecified atom stereocenters. The molecule has 138 valence electrons. The molecule has 0 aliphatic carbocycles. The van der Waals surface area contributed by atoms with E-state index in [1.54, 1.807) is 18.2 Å². The topological polar surface area (TPSA) is 66.7 Å². The Hall–Kier alpha value is -2.64. The minimum absolute atomic E-state index is 0.0265. The molecule has 0 amide bonds. The van der Waals surface area contributed by atoms with Crippen LogP contribution in [0.15, 0.2) is 52.3 Å². The maximum atomic E-state index is 12.5. The van der Waals surface area contributed by atoms with Gasteiger partial charge >= 0.3 is 0 Å². The molecule has 0 spiro atoms. The number of hydrogen-bond acceptors (Lipinski definition) is 6. The van der Waals surface area contributed by atoms with Crippen molar-refractivity contribution in [1.82, 2.24) is 4.90 Å². The third kappa shape index (κ3) is 3.48. The number of fused-ring (bicyclic) bond motifs is 1. The Bertz CT molecular complexity index is 949. The zero-order valence-corrected chi connectivity index (χ0v) is 15.7. The summed E-state index contributed by atoms with van der Waals surface area (Å²) < 4.78 is 0. The van der Waals surface area contributed by atoms with Gasteiger partial charge in [-0.2, -0.15) is 0 Å². The molecule has 2 aromatic carbocycles. The van der Waals surface area contributed by atoms with E-state index in [0.717, 1.165) is 31.1 Å². The Balaban J connectivity index is 1.64. The van der Waals surface area contributed by atoms with Gasteiger partial charge in [-0.1, -0.05) is 30.0 Å². The number of Topliss-reactive ketones (excluding diaryl/α,β-unsaturated/α-hetero) is 1. The molecule has 4 rings (SSSR count). The minimum atomic E-state index is -0.339. The molecule has 6 nitrogen and oxygen atoms in total. The molecule has 0 saturated carbocycles. The molecular weight excluding hydrogens is 362 g/mol. The van der Waals surface area contributed by atoms with Crippen molar-refractivity contribution < 1.29 is 9.72 Å². The summed E-state index contributed by atoms with van der Waals surface area (Å²) in [5.74, 6) is -0.0265. The van der Waals surface area contributed by atoms with Crippen molar-refractivity contribution in [3.63, 3.8) is 0 Å². The van der Waals surface area contributed by atoms with Gasteiger partial charge in [0.05, 0.1) is 9.83 Å². The van der Waals surface area contributed by atoms with Crippen LogP contribution in [0, 0.1) is 10.1 Å². The van der Waals surface area contributed by atoms with Crippen molar-refractivity contribution in [2.75, 3.05) is 38.1 Å². The Labute approximate surface area is 161 Å². The van der Waals surface area contributed by atoms with Crippen LogP contribution < -0.4 is 4.90 Å². The SMILES string of the molecule is CN1CCN(c2ccc(/C=C3/Sc4ccccc4C3=O)cc2[N+](=O)[O-])CC1. The highest BCUT2D eigenvalue weighted by Gasteiger charge is 2.26. The lowest BCUT2D eigenvalue weighted by molar-refractivity contribution is -0.384. The van der Waals surface area contributed by atoms with Crippen molar-refractivity contribution >= 4 is 35.0 Å². The van der Waals surface area contributed by atoms with Crippen LogP contribution in [0.3, 0.4) is 0 Å². The van der Waals surface area contributed by atoms with Crippen LogP contribution >= 0.6 is 11.8 Å². The maximum Gasteiger partial charge on any atom is 0.293 e. The lowest BCUT2D eigenvalue weighted by Crippen LogP contribution is -2.44. The van der Waals surface area contributed by atoms with E-state index in [4.69, 9.17) is 0 Å². The van der Waals surface area contributed by atoms with Gasteiger partial charge in [0, 0.05) is 42.7 Å². The summed E-state index contributed by atoms with van der Waals surface area (Å²) in [5, 5.41) is 11.6. The largest absolute Gasteiger partial charge is 0.363 e. The standard InChI is InChI=1S/C20H19N3O3S/c1-21-8-10-22(11-9-21)16-7-6-14(12-17(16)23(25)26)13-19-20(24)15-4-2-3-5-18(15)27-19/h2-7,12-13H,8-11H2,1H3/b19-13+. The molecular formula is C20H19N3O3S. The molecule has 0 aromatic heterocycles. The molecule has 27 heavy (non-hydrogen) atoms. The van der Waals surface area contributed by atoms with Crippen molar-refractivity contribution in [3.8, 4) is 0 Å². The molecule has 1 fully saturated rings. The number of hydrogen-bond donors (Lipinski definition) is 0. The van der Waals surface area contributed by atoms with Crippen LogP contribution in [0.1, 0.15) is 15.9 Å². The zero-order chi connectivity index (χ0) is 19.0. The number of allylic oxidation sites excluding steroid dienone is 1. The first-order valence-electron chi connectivity index (χ1n) is 8.78. The first-order chi connectivity index (χ1) is 13.0. The third-order valence-corrected chi connectivity index (χ3v) is 6.01. The first-order valence-corrected chi connectivity index (χ1v) is 9.60. The summed E-state index contributed by atoms with van der Waals surface area (Å²) in [4.78, 5) is 29.6. The summed E-state index contributed by atoms with van der Waals surface area (Å²) in [5.41, 5.74) is 2.09. The van der Waals surface area contributed by atoms with E-state index in [9.17, 15) is 14.9 Å². The summed E-state index contributed by atoms with van der Waals surface area (Å²) in [6, 6.07) is 12.7. The maximum absolute atomic E-state index is 12.5. The normalized spacial score (nSPS) is 18.8. The number of ketones is 1. The number of benzene rings is 2. The molecule has 0 radical (unpaired) electrons. The number of thioether (sulfide) groups is 1. The van der Waals surface area contributed by atoms with Crippen LogP contribution in [0.25, 0.3) is 6.08 Å². The van der Waals surface area contributed by atoms with E-state index in [-0.39, 0.29) is 16.4 Å². The van der Waals surface area contributed by atoms with Gasteiger partial charge in [0.1, 0.15) is 5.69 Å². The van der Waals surface area contributed by atoms with E-state index >= 15 is 0 Å². The molecule has 2 aliphatic heterocycles. The van der Waals surface area contributed by atoms with Crippen LogP contribution in [-0.4, -0.2) is 48.8 Å². The van der Waals surface area contributed by atoms with Gasteiger partial charge < -0.3 is 9.80 Å². The molecule has 0 atom stereocenters. The molecule has 1 saturated heterocycles. The fourth-order valence-corrected chi connectivity index (χ4v) is 4.43. The number of likely N-dealkylation sites (N-methyl/N-ethyl adjacent to an activating group) is 1. The summed E-state index contributed by atoms with van der Waals surface area (Å²) in [6.07, 6.45) is 1.74. The summed E-state index contributed by atoms with van der Waals surface area (Å²) in [6.45, 7) is 3.29. The van der Waals surface area contributed by atoms with Crippen molar-refractivity contribution in [1.29, 1.82) is 0 Å². The van der Waals surface area contributed by atoms with Crippen LogP contribution in [0.5, 0.6) is 0 Å². The van der Waals surface area contributed by atoms with E-state index in [1.165, 1.54) is 11.8 Å². The molecule has 2 aliphatic rings. The predicted molar refractivity (Wildman–Crippen MR) is 107 cm³/mol. The van der Waals surface area contributed by atoms with Gasteiger partial charge in [0.2, 0.25) is 5.78 Å². The van der Waals surface area contributed by atoms with E-state index in [2.05, 4.69) is 16.8 Å². The zero-order valence-electron chi connectivity index (χ0n) is 14.9. The number of nitro groups is 1. The van der Waals surface area contributed by atoms with E-state index in [0.29, 0.717) is 21.7 Å². The van der Waals surface area contributed by atoms with Crippen LogP contribution in [-0.2, 0) is 0 Å². The number of carbonyl (C=O) groups is 1. The van der Waals surface area contributed by atoms with Crippen LogP contribution in [0.4, 0.5) is 11.4 Å². The highest BCUT2D eigenvalue weighted by Crippen LogP contribution is 2.41. The lowest BCUT2D eigenvalue weighted by atomic mass is 10.1. The number of carbonyl (C=O) groups excluding carboxylic acids is 1. The monoisotopic (exact) mass is 381 g/mol. The lowest BCUT2D eigenvalue weighted by Gasteiger charge is -2.33. The number of nitro benzene ring substituents is 1. The second-order valence-electron chi connectivity index (χ2n) is 6.73. The van der Waals surface area contributed by atoms with Gasteiger partial charge in [0.15, 0.2) is 0 Å². The number of rotatable bonds is 3. The van der Waals surface area contributed by atoms with Gasteiger partial charge in [-0.15, -0.1) is 0 Å². The molecule has 0 N–H and O–H groups in total. The van der Waals surface area contributed by atoms with Gasteiger partial charge in [-0.25, -0.2) is 0 Å². The second-order valence-corrected chi connectivity index (χ2v) is 7.82. The van der Waals surface area contributed by atoms with Gasteiger partial charge in [-0.3, -0.25) is 14.9 Å². The number of nitrogens with zero attached hydrogens (tertiary/aromatic N) is 3. The van der Waals surface area contributed by atoms with Crippen LogP contribution in [0.2, 0.25) is 0 Å². The van der Waals surface area contributed by atoms with E-state index < -0.39 is 0 Å². The van der Waals surface area contributed by atoms with Gasteiger partial charge in [0.25, 0.3) is 5.69 Å². The van der Waals surface area contributed by atoms with Crippen molar-refractivity contribution in [3.05, 3.63) is 68.6 Å². The second kappa shape index (κ2) is 7.17. The molecule has 7 heteroatoms. The number of piperazine rings is 1. The molecule has 2 aromatic rings. The van der Waals surface area contributed by atoms with Crippen molar-refractivity contribution in [2.24, 2.45) is 0 Å². The highest BCUT2D eigenvalue weighted by molar-refractivity contribution is 8.04. The smallest absolute Gasteiger partial charge is 0.293 e. The number of anilines is 1. The Kier molecular flexibility index (Phi) is 4.72. The summed E-state index contributed by atoms with van der Waals surface area (Å²) >= 11 is 1.41. The highest BCUT2D eigenvalue weighted by atomic mass is 32.2. The quantitative estimate of drug-likeness (QED) is 0.459. The average Bonchev–Trinajstić information content (AvgIpc) is 2.98. The Morgan fingerprint density at radius 3 is 2.56 bits per heavy atom. The van der Waals surface area contributed by atoms with Crippen molar-refractivity contribution in [2.45, 2.75) is 4.90 Å². The third-order valence-electron chi connectivity index (χ3n) is 4.91. The molecule has 0 bridgehead atoms. The summed E-state index contributed by atoms with van der Waals surface area (Å²) in [7, 11) is 2.05. The first kappa shape index (κ1) is 17.8. The Morgan fingerprint density at radius 2 is 1.85 bits per heavy atom. The van der Waals surface area contributed by atoms with Gasteiger partial charge in [-0.05, 0) is 36.9 Å². The average molecular weight is 381 g/mol. The minimum Gasteiger partial charge on any atom is -0.363 e.